The van der Waals surface area contributed by atoms with Crippen molar-refractivity contribution in [3.8, 4) is 0 Å². The number of aryl methyl sites for hydroxylation is 1. The molecule has 1 N–H and O–H groups in total. The summed E-state index contributed by atoms with van der Waals surface area (Å²) in [4.78, 5) is 4.92. The lowest BCUT2D eigenvalue weighted by molar-refractivity contribution is -0.0469. The van der Waals surface area contributed by atoms with Gasteiger partial charge < -0.3 is 14.7 Å². The van der Waals surface area contributed by atoms with E-state index >= 15 is 0 Å². The summed E-state index contributed by atoms with van der Waals surface area (Å²) in [6.07, 6.45) is 0.599. The van der Waals surface area contributed by atoms with Gasteiger partial charge in [-0.05, 0) is 31.0 Å². The van der Waals surface area contributed by atoms with Gasteiger partial charge in [0.2, 0.25) is 0 Å². The molecule has 2 aliphatic heterocycles. The summed E-state index contributed by atoms with van der Waals surface area (Å²) in [6.45, 7) is 8.78. The smallest absolute Gasteiger partial charge is 0.0624 e. The van der Waals surface area contributed by atoms with Crippen molar-refractivity contribution < 1.29 is 9.84 Å². The van der Waals surface area contributed by atoms with Gasteiger partial charge in [-0.1, -0.05) is 12.1 Å². The SMILES string of the molecule is Cc1cccc(N2CCN(CC3COCCC3O)CC2)c1. The Balaban J connectivity index is 1.51. The quantitative estimate of drug-likeness (QED) is 0.915. The Labute approximate surface area is 127 Å². The van der Waals surface area contributed by atoms with Gasteiger partial charge in [-0.3, -0.25) is 4.90 Å². The maximum Gasteiger partial charge on any atom is 0.0624 e. The number of piperazine rings is 1. The minimum atomic E-state index is -0.187. The van der Waals surface area contributed by atoms with E-state index in [9.17, 15) is 5.11 Å². The van der Waals surface area contributed by atoms with Crippen LogP contribution in [0.1, 0.15) is 12.0 Å². The average molecular weight is 290 g/mol. The van der Waals surface area contributed by atoms with Crippen molar-refractivity contribution in [1.82, 2.24) is 4.90 Å². The van der Waals surface area contributed by atoms with Crippen molar-refractivity contribution >= 4 is 5.69 Å². The molecule has 0 spiro atoms. The fourth-order valence-corrected chi connectivity index (χ4v) is 3.30. The number of rotatable bonds is 3. The molecule has 1 aromatic rings. The molecule has 2 aliphatic rings. The van der Waals surface area contributed by atoms with Crippen LogP contribution in [0.5, 0.6) is 0 Å². The summed E-state index contributed by atoms with van der Waals surface area (Å²) in [5.41, 5.74) is 2.65. The Bertz CT molecular complexity index is 458. The number of hydrogen-bond acceptors (Lipinski definition) is 4. The molecule has 21 heavy (non-hydrogen) atoms. The van der Waals surface area contributed by atoms with Gasteiger partial charge in [-0.15, -0.1) is 0 Å². The van der Waals surface area contributed by atoms with Crippen LogP contribution >= 0.6 is 0 Å². The molecular weight excluding hydrogens is 264 g/mol. The third-order valence-corrected chi connectivity index (χ3v) is 4.67. The maximum atomic E-state index is 10.0. The highest BCUT2D eigenvalue weighted by atomic mass is 16.5. The first-order valence-corrected chi connectivity index (χ1v) is 8.02. The standard InChI is InChI=1S/C17H26N2O2/c1-14-3-2-4-16(11-14)19-8-6-18(7-9-19)12-15-13-21-10-5-17(15)20/h2-4,11,15,17,20H,5-10,12-13H2,1H3. The van der Waals surface area contributed by atoms with Crippen LogP contribution in [0.3, 0.4) is 0 Å². The first-order valence-electron chi connectivity index (χ1n) is 8.02. The molecule has 116 valence electrons. The Morgan fingerprint density at radius 3 is 2.76 bits per heavy atom. The second-order valence-electron chi connectivity index (χ2n) is 6.32. The molecule has 4 heteroatoms. The predicted molar refractivity (Wildman–Crippen MR) is 84.8 cm³/mol. The van der Waals surface area contributed by atoms with Crippen LogP contribution in [0.4, 0.5) is 5.69 Å². The number of anilines is 1. The highest BCUT2D eigenvalue weighted by Crippen LogP contribution is 2.20. The van der Waals surface area contributed by atoms with Crippen molar-refractivity contribution in [2.24, 2.45) is 5.92 Å². The Morgan fingerprint density at radius 1 is 1.24 bits per heavy atom. The van der Waals surface area contributed by atoms with Crippen molar-refractivity contribution in [3.05, 3.63) is 29.8 Å². The fourth-order valence-electron chi connectivity index (χ4n) is 3.30. The van der Waals surface area contributed by atoms with Crippen LogP contribution in [0, 0.1) is 12.8 Å². The van der Waals surface area contributed by atoms with Gasteiger partial charge in [0.1, 0.15) is 0 Å². The van der Waals surface area contributed by atoms with E-state index in [0.717, 1.165) is 39.1 Å². The molecule has 2 unspecified atom stereocenters. The van der Waals surface area contributed by atoms with Gasteiger partial charge in [0.25, 0.3) is 0 Å². The van der Waals surface area contributed by atoms with Gasteiger partial charge in [0.05, 0.1) is 12.7 Å². The van der Waals surface area contributed by atoms with Crippen molar-refractivity contribution in [2.45, 2.75) is 19.4 Å². The molecule has 0 radical (unpaired) electrons. The molecule has 2 atom stereocenters. The molecule has 0 aliphatic carbocycles. The highest BCUT2D eigenvalue weighted by molar-refractivity contribution is 5.48. The molecule has 0 amide bonds. The average Bonchev–Trinajstić information content (AvgIpc) is 2.50. The number of nitrogens with zero attached hydrogens (tertiary/aromatic N) is 2. The molecule has 1 aromatic carbocycles. The summed E-state index contributed by atoms with van der Waals surface area (Å²) in [5.74, 6) is 0.282. The first-order chi connectivity index (χ1) is 10.2. The molecular formula is C17H26N2O2. The zero-order valence-electron chi connectivity index (χ0n) is 12.9. The normalized spacial score (nSPS) is 27.8. The molecule has 2 saturated heterocycles. The largest absolute Gasteiger partial charge is 0.393 e. The van der Waals surface area contributed by atoms with E-state index in [1.807, 2.05) is 0 Å². The minimum Gasteiger partial charge on any atom is -0.393 e. The zero-order chi connectivity index (χ0) is 14.7. The summed E-state index contributed by atoms with van der Waals surface area (Å²) >= 11 is 0. The number of aliphatic hydroxyl groups excluding tert-OH is 1. The third kappa shape index (κ3) is 3.76. The summed E-state index contributed by atoms with van der Waals surface area (Å²) in [7, 11) is 0. The number of ether oxygens (including phenoxy) is 1. The van der Waals surface area contributed by atoms with E-state index < -0.39 is 0 Å². The van der Waals surface area contributed by atoms with Crippen LogP contribution in [-0.4, -0.2) is 62.0 Å². The Hall–Kier alpha value is -1.10. The van der Waals surface area contributed by atoms with E-state index in [4.69, 9.17) is 4.74 Å². The van der Waals surface area contributed by atoms with E-state index in [0.29, 0.717) is 13.2 Å². The summed E-state index contributed by atoms with van der Waals surface area (Å²) in [6, 6.07) is 8.73. The van der Waals surface area contributed by atoms with Gasteiger partial charge >= 0.3 is 0 Å². The number of benzene rings is 1. The predicted octanol–water partition coefficient (Wildman–Crippen LogP) is 1.51. The van der Waals surface area contributed by atoms with Gasteiger partial charge in [-0.25, -0.2) is 0 Å². The lowest BCUT2D eigenvalue weighted by Gasteiger charge is -2.39. The monoisotopic (exact) mass is 290 g/mol. The van der Waals surface area contributed by atoms with E-state index in [2.05, 4.69) is 41.0 Å². The van der Waals surface area contributed by atoms with E-state index in [-0.39, 0.29) is 12.0 Å². The van der Waals surface area contributed by atoms with E-state index in [1.165, 1.54) is 11.3 Å². The second-order valence-corrected chi connectivity index (χ2v) is 6.32. The fraction of sp³-hybridized carbons (Fsp3) is 0.647. The molecule has 2 fully saturated rings. The van der Waals surface area contributed by atoms with Gasteiger partial charge in [0, 0.05) is 50.9 Å². The van der Waals surface area contributed by atoms with Crippen LogP contribution in [0.2, 0.25) is 0 Å². The van der Waals surface area contributed by atoms with Crippen molar-refractivity contribution in [1.29, 1.82) is 0 Å². The lowest BCUT2D eigenvalue weighted by atomic mass is 9.98. The highest BCUT2D eigenvalue weighted by Gasteiger charge is 2.27. The van der Waals surface area contributed by atoms with Crippen LogP contribution in [0.25, 0.3) is 0 Å². The molecule has 4 nitrogen and oxygen atoms in total. The van der Waals surface area contributed by atoms with Crippen LogP contribution < -0.4 is 4.90 Å². The summed E-state index contributed by atoms with van der Waals surface area (Å²) in [5, 5.41) is 10.0. The van der Waals surface area contributed by atoms with Gasteiger partial charge in [-0.2, -0.15) is 0 Å². The number of aliphatic hydroxyl groups is 1. The minimum absolute atomic E-state index is 0.187. The second kappa shape index (κ2) is 6.77. The molecule has 0 bridgehead atoms. The summed E-state index contributed by atoms with van der Waals surface area (Å²) < 4.78 is 5.50. The zero-order valence-corrected chi connectivity index (χ0v) is 12.9. The van der Waals surface area contributed by atoms with Crippen molar-refractivity contribution in [2.75, 3.05) is 50.8 Å². The molecule has 2 heterocycles. The van der Waals surface area contributed by atoms with E-state index in [1.54, 1.807) is 0 Å². The molecule has 0 saturated carbocycles. The van der Waals surface area contributed by atoms with Gasteiger partial charge in [0.15, 0.2) is 0 Å². The third-order valence-electron chi connectivity index (χ3n) is 4.67. The topological polar surface area (TPSA) is 35.9 Å². The Kier molecular flexibility index (Phi) is 4.78. The first kappa shape index (κ1) is 14.8. The lowest BCUT2D eigenvalue weighted by Crippen LogP contribution is -2.50. The molecule has 3 rings (SSSR count). The van der Waals surface area contributed by atoms with Crippen LogP contribution in [-0.2, 0) is 4.74 Å². The Morgan fingerprint density at radius 2 is 2.05 bits per heavy atom. The van der Waals surface area contributed by atoms with Crippen molar-refractivity contribution in [3.63, 3.8) is 0 Å². The molecule has 0 aromatic heterocycles. The van der Waals surface area contributed by atoms with Crippen LogP contribution in [0.15, 0.2) is 24.3 Å². The number of hydrogen-bond donors (Lipinski definition) is 1. The maximum absolute atomic E-state index is 10.0.